The monoisotopic (exact) mass is 242 g/mol. The number of aromatic nitrogens is 1. The van der Waals surface area contributed by atoms with Crippen molar-refractivity contribution in [2.45, 2.75) is 18.9 Å². The molecule has 6 heteroatoms. The van der Waals surface area contributed by atoms with Crippen molar-refractivity contribution in [3.05, 3.63) is 11.1 Å². The number of piperidine rings is 1. The number of carboxylic acid groups (broad SMARTS) is 1. The van der Waals surface area contributed by atoms with Gasteiger partial charge < -0.3 is 14.7 Å². The van der Waals surface area contributed by atoms with E-state index >= 15 is 0 Å². The zero-order chi connectivity index (χ0) is 11.5. The maximum absolute atomic E-state index is 10.7. The lowest BCUT2D eigenvalue weighted by molar-refractivity contribution is 0.0702. The molecular formula is C10H14N2O3S. The van der Waals surface area contributed by atoms with E-state index in [0.29, 0.717) is 11.0 Å². The summed E-state index contributed by atoms with van der Waals surface area (Å²) in [5.74, 6) is -0.907. The lowest BCUT2D eigenvalue weighted by Gasteiger charge is -2.30. The summed E-state index contributed by atoms with van der Waals surface area (Å²) in [7, 11) is 1.73. The van der Waals surface area contributed by atoms with Crippen LogP contribution < -0.4 is 4.90 Å². The molecule has 1 aliphatic rings. The molecule has 1 aromatic rings. The molecule has 0 amide bonds. The summed E-state index contributed by atoms with van der Waals surface area (Å²) in [5.41, 5.74) is 0. The van der Waals surface area contributed by atoms with Gasteiger partial charge in [-0.3, -0.25) is 0 Å². The molecule has 1 aromatic heterocycles. The molecule has 0 unspecified atom stereocenters. The van der Waals surface area contributed by atoms with Crippen molar-refractivity contribution in [2.24, 2.45) is 0 Å². The lowest BCUT2D eigenvalue weighted by Crippen LogP contribution is -2.36. The second-order valence-corrected chi connectivity index (χ2v) is 4.74. The van der Waals surface area contributed by atoms with Gasteiger partial charge in [0.1, 0.15) is 4.88 Å². The Morgan fingerprint density at radius 3 is 2.81 bits per heavy atom. The Hall–Kier alpha value is -1.14. The molecule has 0 spiro atoms. The van der Waals surface area contributed by atoms with Crippen molar-refractivity contribution in [1.82, 2.24) is 4.98 Å². The maximum atomic E-state index is 10.7. The highest BCUT2D eigenvalue weighted by Crippen LogP contribution is 2.25. The number of ether oxygens (including phenoxy) is 1. The van der Waals surface area contributed by atoms with Gasteiger partial charge in [0.2, 0.25) is 0 Å². The molecule has 1 saturated heterocycles. The summed E-state index contributed by atoms with van der Waals surface area (Å²) in [6.07, 6.45) is 3.69. The summed E-state index contributed by atoms with van der Waals surface area (Å²) >= 11 is 1.23. The fourth-order valence-electron chi connectivity index (χ4n) is 1.79. The Morgan fingerprint density at radius 1 is 1.62 bits per heavy atom. The average molecular weight is 242 g/mol. The van der Waals surface area contributed by atoms with Crippen molar-refractivity contribution >= 4 is 22.4 Å². The number of rotatable bonds is 3. The van der Waals surface area contributed by atoms with Crippen LogP contribution in [0.25, 0.3) is 0 Å². The molecule has 2 heterocycles. The minimum atomic E-state index is -0.907. The van der Waals surface area contributed by atoms with E-state index in [9.17, 15) is 4.79 Å². The van der Waals surface area contributed by atoms with Crippen molar-refractivity contribution in [3.8, 4) is 0 Å². The molecule has 0 radical (unpaired) electrons. The molecule has 0 aliphatic carbocycles. The molecule has 16 heavy (non-hydrogen) atoms. The molecule has 0 aromatic carbocycles. The largest absolute Gasteiger partial charge is 0.477 e. The van der Waals surface area contributed by atoms with Gasteiger partial charge in [0.15, 0.2) is 5.13 Å². The Morgan fingerprint density at radius 2 is 2.31 bits per heavy atom. The number of methoxy groups -OCH3 is 1. The minimum Gasteiger partial charge on any atom is -0.477 e. The van der Waals surface area contributed by atoms with Crippen molar-refractivity contribution in [3.63, 3.8) is 0 Å². The number of hydrogen-bond acceptors (Lipinski definition) is 5. The van der Waals surface area contributed by atoms with Crippen LogP contribution in [-0.4, -0.2) is 42.4 Å². The summed E-state index contributed by atoms with van der Waals surface area (Å²) in [5, 5.41) is 9.61. The number of carbonyl (C=O) groups is 1. The van der Waals surface area contributed by atoms with E-state index in [2.05, 4.69) is 9.88 Å². The van der Waals surface area contributed by atoms with Gasteiger partial charge in [-0.2, -0.15) is 0 Å². The van der Waals surface area contributed by atoms with Gasteiger partial charge in [-0.05, 0) is 12.8 Å². The smallest absolute Gasteiger partial charge is 0.347 e. The molecule has 5 nitrogen and oxygen atoms in total. The predicted molar refractivity (Wildman–Crippen MR) is 61.3 cm³/mol. The summed E-state index contributed by atoms with van der Waals surface area (Å²) in [4.78, 5) is 17.3. The van der Waals surface area contributed by atoms with Gasteiger partial charge in [0, 0.05) is 20.2 Å². The molecule has 0 bridgehead atoms. The molecule has 1 N–H and O–H groups in total. The molecule has 1 fully saturated rings. The molecule has 0 saturated carbocycles. The third kappa shape index (κ3) is 2.33. The van der Waals surface area contributed by atoms with Crippen LogP contribution in [0.2, 0.25) is 0 Å². The average Bonchev–Trinajstić information content (AvgIpc) is 2.78. The van der Waals surface area contributed by atoms with Crippen molar-refractivity contribution in [1.29, 1.82) is 0 Å². The first-order valence-corrected chi connectivity index (χ1v) is 5.99. The topological polar surface area (TPSA) is 62.7 Å². The number of hydrogen-bond donors (Lipinski definition) is 1. The van der Waals surface area contributed by atoms with E-state index in [1.165, 1.54) is 17.5 Å². The van der Waals surface area contributed by atoms with E-state index in [0.717, 1.165) is 31.1 Å². The van der Waals surface area contributed by atoms with Crippen LogP contribution >= 0.6 is 11.3 Å². The first kappa shape index (κ1) is 11.3. The normalized spacial score (nSPS) is 17.7. The van der Waals surface area contributed by atoms with Crippen LogP contribution in [0.4, 0.5) is 5.13 Å². The number of anilines is 1. The van der Waals surface area contributed by atoms with Crippen molar-refractivity contribution in [2.75, 3.05) is 25.1 Å². The highest BCUT2D eigenvalue weighted by molar-refractivity contribution is 7.17. The van der Waals surface area contributed by atoms with Gasteiger partial charge >= 0.3 is 5.97 Å². The number of aromatic carboxylic acids is 1. The van der Waals surface area contributed by atoms with Crippen LogP contribution in [0.3, 0.4) is 0 Å². The SMILES string of the molecule is COC1CCN(c2ncc(C(=O)O)s2)CC1. The Kier molecular flexibility index (Phi) is 3.40. The van der Waals surface area contributed by atoms with Crippen LogP contribution in [0.1, 0.15) is 22.5 Å². The lowest BCUT2D eigenvalue weighted by atomic mass is 10.1. The highest BCUT2D eigenvalue weighted by atomic mass is 32.1. The van der Waals surface area contributed by atoms with Gasteiger partial charge in [0.05, 0.1) is 12.3 Å². The second kappa shape index (κ2) is 4.80. The van der Waals surface area contributed by atoms with Crippen LogP contribution in [0, 0.1) is 0 Å². The first-order valence-electron chi connectivity index (χ1n) is 5.17. The van der Waals surface area contributed by atoms with Crippen LogP contribution in [0.5, 0.6) is 0 Å². The maximum Gasteiger partial charge on any atom is 0.347 e. The van der Waals surface area contributed by atoms with Crippen molar-refractivity contribution < 1.29 is 14.6 Å². The summed E-state index contributed by atoms with van der Waals surface area (Å²) in [6, 6.07) is 0. The molecule has 88 valence electrons. The Balaban J connectivity index is 2.00. The van der Waals surface area contributed by atoms with E-state index < -0.39 is 5.97 Å². The number of nitrogens with zero attached hydrogens (tertiary/aromatic N) is 2. The molecular weight excluding hydrogens is 228 g/mol. The summed E-state index contributed by atoms with van der Waals surface area (Å²) < 4.78 is 5.28. The van der Waals surface area contributed by atoms with E-state index in [4.69, 9.17) is 9.84 Å². The Labute approximate surface area is 97.7 Å². The van der Waals surface area contributed by atoms with E-state index in [1.807, 2.05) is 0 Å². The van der Waals surface area contributed by atoms with Gasteiger partial charge in [-0.25, -0.2) is 9.78 Å². The molecule has 2 rings (SSSR count). The zero-order valence-corrected chi connectivity index (χ0v) is 9.87. The van der Waals surface area contributed by atoms with E-state index in [1.54, 1.807) is 7.11 Å². The third-order valence-corrected chi connectivity index (χ3v) is 3.80. The standard InChI is InChI=1S/C10H14N2O3S/c1-15-7-2-4-12(5-3-7)10-11-6-8(16-10)9(13)14/h6-7H,2-5H2,1H3,(H,13,14). The van der Waals surface area contributed by atoms with Gasteiger partial charge in [-0.15, -0.1) is 0 Å². The second-order valence-electron chi connectivity index (χ2n) is 3.73. The summed E-state index contributed by atoms with van der Waals surface area (Å²) in [6.45, 7) is 1.76. The minimum absolute atomic E-state index is 0.295. The first-order chi connectivity index (χ1) is 7.70. The van der Waals surface area contributed by atoms with Crippen LogP contribution in [-0.2, 0) is 4.74 Å². The number of thiazole rings is 1. The molecule has 1 aliphatic heterocycles. The Bertz CT molecular complexity index is 372. The highest BCUT2D eigenvalue weighted by Gasteiger charge is 2.21. The van der Waals surface area contributed by atoms with E-state index in [-0.39, 0.29) is 0 Å². The quantitative estimate of drug-likeness (QED) is 0.869. The zero-order valence-electron chi connectivity index (χ0n) is 9.05. The number of carboxylic acids is 1. The molecule has 0 atom stereocenters. The fourth-order valence-corrected chi connectivity index (χ4v) is 2.60. The fraction of sp³-hybridized carbons (Fsp3) is 0.600. The third-order valence-electron chi connectivity index (χ3n) is 2.75. The predicted octanol–water partition coefficient (Wildman–Crippen LogP) is 1.46. The van der Waals surface area contributed by atoms with Gasteiger partial charge in [0.25, 0.3) is 0 Å². The van der Waals surface area contributed by atoms with Gasteiger partial charge in [-0.1, -0.05) is 11.3 Å². The van der Waals surface area contributed by atoms with Crippen LogP contribution in [0.15, 0.2) is 6.20 Å².